The Morgan fingerprint density at radius 2 is 1.95 bits per heavy atom. The summed E-state index contributed by atoms with van der Waals surface area (Å²) in [5.74, 6) is -1.92. The van der Waals surface area contributed by atoms with Gasteiger partial charge in [-0.1, -0.05) is 29.8 Å². The van der Waals surface area contributed by atoms with Crippen molar-refractivity contribution < 1.29 is 19.4 Å². The maximum Gasteiger partial charge on any atom is 0.307 e. The van der Waals surface area contributed by atoms with E-state index in [1.54, 1.807) is 0 Å². The van der Waals surface area contributed by atoms with Gasteiger partial charge < -0.3 is 15.2 Å². The number of carboxylic acids is 1. The van der Waals surface area contributed by atoms with Crippen molar-refractivity contribution in [1.82, 2.24) is 5.32 Å². The molecule has 1 aromatic rings. The van der Waals surface area contributed by atoms with Gasteiger partial charge in [0.2, 0.25) is 5.91 Å². The number of ether oxygens (including phenoxy) is 1. The smallest absolute Gasteiger partial charge is 0.307 e. The van der Waals surface area contributed by atoms with Crippen LogP contribution in [0.25, 0.3) is 0 Å². The molecule has 1 aliphatic carbocycles. The zero-order valence-electron chi connectivity index (χ0n) is 12.6. The average molecular weight is 303 g/mol. The molecule has 1 aliphatic heterocycles. The van der Waals surface area contributed by atoms with E-state index < -0.39 is 11.9 Å². The first-order chi connectivity index (χ1) is 10.6. The molecule has 118 valence electrons. The van der Waals surface area contributed by atoms with E-state index in [0.29, 0.717) is 13.0 Å². The Morgan fingerprint density at radius 1 is 1.23 bits per heavy atom. The minimum Gasteiger partial charge on any atom is -0.481 e. The third-order valence-electron chi connectivity index (χ3n) is 4.50. The molecule has 1 heterocycles. The lowest BCUT2D eigenvalue weighted by Crippen LogP contribution is -2.43. The van der Waals surface area contributed by atoms with Gasteiger partial charge in [0.05, 0.1) is 17.9 Å². The van der Waals surface area contributed by atoms with Gasteiger partial charge in [0.1, 0.15) is 6.10 Å². The van der Waals surface area contributed by atoms with Crippen molar-refractivity contribution >= 4 is 11.9 Å². The van der Waals surface area contributed by atoms with Gasteiger partial charge in [-0.25, -0.2) is 0 Å². The molecular weight excluding hydrogens is 282 g/mol. The summed E-state index contributed by atoms with van der Waals surface area (Å²) in [6.07, 6.45) is 2.05. The Bertz CT molecular complexity index is 569. The summed E-state index contributed by atoms with van der Waals surface area (Å²) in [4.78, 5) is 23.1. The zero-order chi connectivity index (χ0) is 15.7. The predicted octanol–water partition coefficient (Wildman–Crippen LogP) is 2.05. The Morgan fingerprint density at radius 3 is 2.59 bits per heavy atom. The minimum absolute atomic E-state index is 0.0843. The number of carboxylic acid groups (broad SMARTS) is 1. The van der Waals surface area contributed by atoms with E-state index in [1.165, 1.54) is 5.56 Å². The van der Waals surface area contributed by atoms with E-state index in [2.05, 4.69) is 5.32 Å². The summed E-state index contributed by atoms with van der Waals surface area (Å²) in [6.45, 7) is 2.72. The van der Waals surface area contributed by atoms with Crippen LogP contribution in [-0.2, 0) is 14.3 Å². The highest BCUT2D eigenvalue weighted by Gasteiger charge is 2.49. The lowest BCUT2D eigenvalue weighted by molar-refractivity contribution is -0.140. The molecular formula is C17H21NO4. The maximum absolute atomic E-state index is 12.2. The van der Waals surface area contributed by atoms with Crippen molar-refractivity contribution in [3.05, 3.63) is 35.4 Å². The highest BCUT2D eigenvalue weighted by molar-refractivity contribution is 5.89. The van der Waals surface area contributed by atoms with Crippen molar-refractivity contribution in [3.8, 4) is 0 Å². The fourth-order valence-corrected chi connectivity index (χ4v) is 3.06. The summed E-state index contributed by atoms with van der Waals surface area (Å²) in [5.41, 5.74) is 2.24. The van der Waals surface area contributed by atoms with Gasteiger partial charge in [0.25, 0.3) is 0 Å². The number of benzene rings is 1. The molecule has 5 heteroatoms. The zero-order valence-corrected chi connectivity index (χ0v) is 12.6. The standard InChI is InChI=1S/C17H21NO4/c1-10-4-6-11(7-5-10)15-14(3-2-8-22-15)18-16(19)12-9-13(12)17(20)21/h4-7,12-15H,2-3,8-9H2,1H3,(H,18,19)(H,20,21)/t12-,13+,14-,15-/m0/s1. The molecule has 0 bridgehead atoms. The number of carbonyl (C=O) groups is 2. The van der Waals surface area contributed by atoms with Crippen LogP contribution in [0.3, 0.4) is 0 Å². The molecule has 2 N–H and O–H groups in total. The molecule has 4 atom stereocenters. The molecule has 0 unspecified atom stereocenters. The molecule has 1 aromatic carbocycles. The van der Waals surface area contributed by atoms with E-state index in [1.807, 2.05) is 31.2 Å². The Balaban J connectivity index is 1.67. The van der Waals surface area contributed by atoms with Crippen LogP contribution < -0.4 is 5.32 Å². The van der Waals surface area contributed by atoms with Crippen LogP contribution in [0, 0.1) is 18.8 Å². The Hall–Kier alpha value is -1.88. The lowest BCUT2D eigenvalue weighted by atomic mass is 9.95. The molecule has 1 saturated heterocycles. The third kappa shape index (κ3) is 3.14. The van der Waals surface area contributed by atoms with E-state index in [4.69, 9.17) is 9.84 Å². The number of aliphatic carboxylic acids is 1. The minimum atomic E-state index is -0.880. The van der Waals surface area contributed by atoms with Gasteiger partial charge in [-0.3, -0.25) is 9.59 Å². The number of hydrogen-bond donors (Lipinski definition) is 2. The SMILES string of the molecule is Cc1ccc([C@@H]2OCCC[C@@H]2NC(=O)[C@H]2C[C@H]2C(=O)O)cc1. The highest BCUT2D eigenvalue weighted by atomic mass is 16.5. The van der Waals surface area contributed by atoms with E-state index in [9.17, 15) is 9.59 Å². The fourth-order valence-electron chi connectivity index (χ4n) is 3.06. The van der Waals surface area contributed by atoms with Crippen molar-refractivity contribution in [2.24, 2.45) is 11.8 Å². The average Bonchev–Trinajstić information content (AvgIpc) is 3.29. The van der Waals surface area contributed by atoms with Crippen LogP contribution in [0.2, 0.25) is 0 Å². The number of carbonyl (C=O) groups excluding carboxylic acids is 1. The van der Waals surface area contributed by atoms with Crippen molar-refractivity contribution in [3.63, 3.8) is 0 Å². The van der Waals surface area contributed by atoms with Crippen LogP contribution in [0.1, 0.15) is 36.5 Å². The molecule has 2 fully saturated rings. The predicted molar refractivity (Wildman–Crippen MR) is 80.3 cm³/mol. The van der Waals surface area contributed by atoms with Gasteiger partial charge in [-0.05, 0) is 31.7 Å². The number of amides is 1. The molecule has 2 aliphatic rings. The van der Waals surface area contributed by atoms with Gasteiger partial charge >= 0.3 is 5.97 Å². The molecule has 0 spiro atoms. The second-order valence-electron chi connectivity index (χ2n) is 6.25. The van der Waals surface area contributed by atoms with Crippen LogP contribution in [0.4, 0.5) is 0 Å². The quantitative estimate of drug-likeness (QED) is 0.892. The fraction of sp³-hybridized carbons (Fsp3) is 0.529. The first kappa shape index (κ1) is 15.0. The maximum atomic E-state index is 12.2. The number of nitrogens with one attached hydrogen (secondary N) is 1. The molecule has 5 nitrogen and oxygen atoms in total. The molecule has 0 aromatic heterocycles. The monoisotopic (exact) mass is 303 g/mol. The first-order valence-corrected chi connectivity index (χ1v) is 7.77. The van der Waals surface area contributed by atoms with Gasteiger partial charge in [-0.2, -0.15) is 0 Å². The highest BCUT2D eigenvalue weighted by Crippen LogP contribution is 2.39. The summed E-state index contributed by atoms with van der Waals surface area (Å²) in [7, 11) is 0. The molecule has 3 rings (SSSR count). The van der Waals surface area contributed by atoms with Gasteiger partial charge in [-0.15, -0.1) is 0 Å². The van der Waals surface area contributed by atoms with Crippen molar-refractivity contribution in [1.29, 1.82) is 0 Å². The lowest BCUT2D eigenvalue weighted by Gasteiger charge is -2.32. The van der Waals surface area contributed by atoms with Crippen LogP contribution in [0.5, 0.6) is 0 Å². The van der Waals surface area contributed by atoms with Gasteiger partial charge in [0, 0.05) is 6.61 Å². The number of rotatable bonds is 4. The summed E-state index contributed by atoms with van der Waals surface area (Å²) in [6, 6.07) is 8.05. The van der Waals surface area contributed by atoms with Crippen molar-refractivity contribution in [2.75, 3.05) is 6.61 Å². The van der Waals surface area contributed by atoms with Crippen molar-refractivity contribution in [2.45, 2.75) is 38.3 Å². The molecule has 1 saturated carbocycles. The normalized spacial score (nSPS) is 30.6. The summed E-state index contributed by atoms with van der Waals surface area (Å²) in [5, 5.41) is 11.9. The van der Waals surface area contributed by atoms with E-state index >= 15 is 0 Å². The van der Waals surface area contributed by atoms with Crippen LogP contribution >= 0.6 is 0 Å². The number of hydrogen-bond acceptors (Lipinski definition) is 3. The summed E-state index contributed by atoms with van der Waals surface area (Å²) < 4.78 is 5.86. The first-order valence-electron chi connectivity index (χ1n) is 7.77. The second kappa shape index (κ2) is 6.08. The Kier molecular flexibility index (Phi) is 4.16. The van der Waals surface area contributed by atoms with E-state index in [0.717, 1.165) is 18.4 Å². The van der Waals surface area contributed by atoms with Crippen LogP contribution in [0.15, 0.2) is 24.3 Å². The second-order valence-corrected chi connectivity index (χ2v) is 6.25. The third-order valence-corrected chi connectivity index (χ3v) is 4.50. The molecule has 22 heavy (non-hydrogen) atoms. The molecule has 1 amide bonds. The summed E-state index contributed by atoms with van der Waals surface area (Å²) >= 11 is 0. The topological polar surface area (TPSA) is 75.6 Å². The van der Waals surface area contributed by atoms with Crippen LogP contribution in [-0.4, -0.2) is 29.6 Å². The number of aryl methyl sites for hydroxylation is 1. The largest absolute Gasteiger partial charge is 0.481 e. The van der Waals surface area contributed by atoms with Gasteiger partial charge in [0.15, 0.2) is 0 Å². The molecule has 0 radical (unpaired) electrons. The van der Waals surface area contributed by atoms with E-state index in [-0.39, 0.29) is 24.0 Å². The Labute approximate surface area is 129 Å².